The number of carbonyl (C=O) groups excluding carboxylic acids is 1. The van der Waals surface area contributed by atoms with Gasteiger partial charge in [0, 0.05) is 25.7 Å². The van der Waals surface area contributed by atoms with Gasteiger partial charge in [-0.2, -0.15) is 0 Å². The van der Waals surface area contributed by atoms with Gasteiger partial charge in [0.05, 0.1) is 0 Å². The molecule has 0 bridgehead atoms. The summed E-state index contributed by atoms with van der Waals surface area (Å²) < 4.78 is 0. The van der Waals surface area contributed by atoms with Gasteiger partial charge in [-0.15, -0.1) is 0 Å². The zero-order chi connectivity index (χ0) is 10.1. The third-order valence-corrected chi connectivity index (χ3v) is 2.65. The topological polar surface area (TPSA) is 23.6 Å². The molecular formula is C11H14N2O. The zero-order valence-corrected chi connectivity index (χ0v) is 8.36. The molecule has 2 rings (SSSR count). The molecular weight excluding hydrogens is 176 g/mol. The summed E-state index contributed by atoms with van der Waals surface area (Å²) in [6, 6.07) is 0. The molecule has 2 aliphatic rings. The van der Waals surface area contributed by atoms with Gasteiger partial charge in [-0.1, -0.05) is 12.7 Å². The Labute approximate surface area is 84.0 Å². The van der Waals surface area contributed by atoms with Crippen LogP contribution >= 0.6 is 0 Å². The van der Waals surface area contributed by atoms with Gasteiger partial charge in [0.15, 0.2) is 0 Å². The fourth-order valence-corrected chi connectivity index (χ4v) is 1.81. The van der Waals surface area contributed by atoms with Crippen LogP contribution in [0.4, 0.5) is 0 Å². The summed E-state index contributed by atoms with van der Waals surface area (Å²) in [5.74, 6) is 1.13. The van der Waals surface area contributed by atoms with Gasteiger partial charge in [0.25, 0.3) is 0 Å². The second kappa shape index (κ2) is 3.33. The zero-order valence-electron chi connectivity index (χ0n) is 8.36. The highest BCUT2D eigenvalue weighted by Gasteiger charge is 2.24. The van der Waals surface area contributed by atoms with Gasteiger partial charge in [0.2, 0.25) is 5.91 Å². The fourth-order valence-electron chi connectivity index (χ4n) is 1.81. The Morgan fingerprint density at radius 3 is 3.07 bits per heavy atom. The van der Waals surface area contributed by atoms with Crippen LogP contribution in [0.25, 0.3) is 0 Å². The predicted octanol–water partition coefficient (Wildman–Crippen LogP) is 1.47. The molecule has 0 spiro atoms. The Bertz CT molecular complexity index is 341. The summed E-state index contributed by atoms with van der Waals surface area (Å²) in [6.07, 6.45) is 7.37. The smallest absolute Gasteiger partial charge is 0.227 e. The molecule has 0 aromatic carbocycles. The maximum absolute atomic E-state index is 11.6. The molecule has 1 saturated heterocycles. The Hall–Kier alpha value is -1.51. The Morgan fingerprint density at radius 1 is 1.50 bits per heavy atom. The lowest BCUT2D eigenvalue weighted by molar-refractivity contribution is -0.128. The predicted molar refractivity (Wildman–Crippen MR) is 55.1 cm³/mol. The van der Waals surface area contributed by atoms with Crippen LogP contribution in [0, 0.1) is 0 Å². The van der Waals surface area contributed by atoms with E-state index >= 15 is 0 Å². The Balaban J connectivity index is 2.36. The second-order valence-electron chi connectivity index (χ2n) is 3.58. The van der Waals surface area contributed by atoms with Crippen molar-refractivity contribution >= 4 is 5.91 Å². The standard InChI is InChI=1S/C11H14N2O/c1-9-5-3-6-10-12(2)11(14)7-4-8-13(9)10/h3,5-6H,1,4,7-8H2,2H3. The minimum Gasteiger partial charge on any atom is -0.328 e. The van der Waals surface area contributed by atoms with Crippen molar-refractivity contribution in [2.75, 3.05) is 13.6 Å². The van der Waals surface area contributed by atoms with Crippen LogP contribution in [0.15, 0.2) is 36.3 Å². The van der Waals surface area contributed by atoms with Crippen molar-refractivity contribution in [1.29, 1.82) is 0 Å². The van der Waals surface area contributed by atoms with Gasteiger partial charge in [0.1, 0.15) is 5.82 Å². The van der Waals surface area contributed by atoms with Crippen molar-refractivity contribution in [3.8, 4) is 0 Å². The number of carbonyl (C=O) groups is 1. The maximum Gasteiger partial charge on any atom is 0.227 e. The minimum absolute atomic E-state index is 0.182. The first-order valence-electron chi connectivity index (χ1n) is 4.81. The third-order valence-electron chi connectivity index (χ3n) is 2.65. The molecule has 0 unspecified atom stereocenters. The lowest BCUT2D eigenvalue weighted by atomic mass is 10.2. The molecule has 0 aliphatic carbocycles. The summed E-state index contributed by atoms with van der Waals surface area (Å²) in [5, 5.41) is 0. The van der Waals surface area contributed by atoms with E-state index in [9.17, 15) is 4.79 Å². The monoisotopic (exact) mass is 190 g/mol. The average Bonchev–Trinajstić information content (AvgIpc) is 2.31. The molecule has 2 heterocycles. The van der Waals surface area contributed by atoms with Crippen LogP contribution in [0.1, 0.15) is 12.8 Å². The molecule has 14 heavy (non-hydrogen) atoms. The van der Waals surface area contributed by atoms with E-state index in [0.717, 1.165) is 24.5 Å². The van der Waals surface area contributed by atoms with Crippen LogP contribution in [0.3, 0.4) is 0 Å². The minimum atomic E-state index is 0.182. The van der Waals surface area contributed by atoms with Crippen LogP contribution in [-0.4, -0.2) is 29.3 Å². The largest absolute Gasteiger partial charge is 0.328 e. The molecule has 3 nitrogen and oxygen atoms in total. The molecule has 0 radical (unpaired) electrons. The normalized spacial score (nSPS) is 21.9. The average molecular weight is 190 g/mol. The summed E-state index contributed by atoms with van der Waals surface area (Å²) >= 11 is 0. The van der Waals surface area contributed by atoms with Crippen LogP contribution < -0.4 is 0 Å². The molecule has 0 aromatic heterocycles. The van der Waals surface area contributed by atoms with Crippen LogP contribution in [-0.2, 0) is 4.79 Å². The number of hydrogen-bond acceptors (Lipinski definition) is 2. The van der Waals surface area contributed by atoms with E-state index in [1.54, 1.807) is 4.90 Å². The van der Waals surface area contributed by atoms with Crippen molar-refractivity contribution < 1.29 is 4.79 Å². The van der Waals surface area contributed by atoms with Crippen LogP contribution in [0.5, 0.6) is 0 Å². The second-order valence-corrected chi connectivity index (χ2v) is 3.58. The third kappa shape index (κ3) is 1.35. The number of hydrogen-bond donors (Lipinski definition) is 0. The van der Waals surface area contributed by atoms with Gasteiger partial charge < -0.3 is 9.80 Å². The molecule has 1 fully saturated rings. The molecule has 0 saturated carbocycles. The first kappa shape index (κ1) is 9.06. The van der Waals surface area contributed by atoms with Gasteiger partial charge in [-0.3, -0.25) is 4.79 Å². The number of nitrogens with zero attached hydrogens (tertiary/aromatic N) is 2. The highest BCUT2D eigenvalue weighted by atomic mass is 16.2. The van der Waals surface area contributed by atoms with Gasteiger partial charge in [-0.25, -0.2) is 0 Å². The number of amides is 1. The summed E-state index contributed by atoms with van der Waals surface area (Å²) in [6.45, 7) is 4.84. The molecule has 0 N–H and O–H groups in total. The first-order chi connectivity index (χ1) is 6.70. The summed E-state index contributed by atoms with van der Waals surface area (Å²) in [7, 11) is 1.82. The lowest BCUT2D eigenvalue weighted by Crippen LogP contribution is -2.33. The number of allylic oxidation sites excluding steroid dienone is 3. The van der Waals surface area contributed by atoms with E-state index in [2.05, 4.69) is 11.5 Å². The van der Waals surface area contributed by atoms with Crippen molar-refractivity contribution in [3.05, 3.63) is 36.3 Å². The lowest BCUT2D eigenvalue weighted by Gasteiger charge is -2.31. The van der Waals surface area contributed by atoms with Crippen molar-refractivity contribution in [1.82, 2.24) is 9.80 Å². The summed E-state index contributed by atoms with van der Waals surface area (Å²) in [5.41, 5.74) is 0.962. The van der Waals surface area contributed by atoms with Gasteiger partial charge >= 0.3 is 0 Å². The van der Waals surface area contributed by atoms with E-state index < -0.39 is 0 Å². The van der Waals surface area contributed by atoms with Crippen LogP contribution in [0.2, 0.25) is 0 Å². The number of fused-ring (bicyclic) bond motifs is 1. The highest BCUT2D eigenvalue weighted by molar-refractivity contribution is 5.78. The molecule has 1 amide bonds. The fraction of sp³-hybridized carbons (Fsp3) is 0.364. The maximum atomic E-state index is 11.6. The van der Waals surface area contributed by atoms with Crippen molar-refractivity contribution in [2.45, 2.75) is 12.8 Å². The van der Waals surface area contributed by atoms with Crippen molar-refractivity contribution in [2.24, 2.45) is 0 Å². The number of rotatable bonds is 0. The SMILES string of the molecule is C=C1C=CC=C2N(C)C(=O)CCCN12. The van der Waals surface area contributed by atoms with E-state index in [-0.39, 0.29) is 5.91 Å². The molecule has 74 valence electrons. The Morgan fingerprint density at radius 2 is 2.29 bits per heavy atom. The van der Waals surface area contributed by atoms with E-state index in [1.165, 1.54) is 0 Å². The van der Waals surface area contributed by atoms with E-state index in [4.69, 9.17) is 0 Å². The Kier molecular flexibility index (Phi) is 2.15. The van der Waals surface area contributed by atoms with Gasteiger partial charge in [-0.05, 0) is 18.6 Å². The molecule has 0 atom stereocenters. The quantitative estimate of drug-likeness (QED) is 0.577. The molecule has 3 heteroatoms. The summed E-state index contributed by atoms with van der Waals surface area (Å²) in [4.78, 5) is 15.4. The van der Waals surface area contributed by atoms with E-state index in [1.807, 2.05) is 25.3 Å². The molecule has 0 aromatic rings. The molecule has 2 aliphatic heterocycles. The first-order valence-corrected chi connectivity index (χ1v) is 4.81. The highest BCUT2D eigenvalue weighted by Crippen LogP contribution is 2.24. The van der Waals surface area contributed by atoms with Crippen molar-refractivity contribution in [3.63, 3.8) is 0 Å². The van der Waals surface area contributed by atoms with E-state index in [0.29, 0.717) is 6.42 Å².